The SMILES string of the molecule is C[C@H](N)C(=O)N1CC[C@H](CNC(=O)OC(C)(C)C)C1. The fourth-order valence-corrected chi connectivity index (χ4v) is 2.03. The highest BCUT2D eigenvalue weighted by Crippen LogP contribution is 2.16. The average molecular weight is 271 g/mol. The number of amides is 2. The Morgan fingerprint density at radius 2 is 2.11 bits per heavy atom. The molecule has 6 nitrogen and oxygen atoms in total. The van der Waals surface area contributed by atoms with Crippen LogP contribution in [0.1, 0.15) is 34.1 Å². The van der Waals surface area contributed by atoms with Crippen molar-refractivity contribution in [1.29, 1.82) is 0 Å². The van der Waals surface area contributed by atoms with E-state index in [-0.39, 0.29) is 11.8 Å². The predicted molar refractivity (Wildman–Crippen MR) is 72.6 cm³/mol. The van der Waals surface area contributed by atoms with Gasteiger partial charge in [-0.3, -0.25) is 4.79 Å². The fraction of sp³-hybridized carbons (Fsp3) is 0.846. The predicted octanol–water partition coefficient (Wildman–Crippen LogP) is 0.707. The maximum Gasteiger partial charge on any atom is 0.407 e. The lowest BCUT2D eigenvalue weighted by molar-refractivity contribution is -0.131. The van der Waals surface area contributed by atoms with Crippen LogP contribution in [0.2, 0.25) is 0 Å². The number of nitrogens with one attached hydrogen (secondary N) is 1. The second kappa shape index (κ2) is 6.23. The second-order valence-electron chi connectivity index (χ2n) is 6.11. The summed E-state index contributed by atoms with van der Waals surface area (Å²) >= 11 is 0. The first kappa shape index (κ1) is 15.8. The molecule has 0 aromatic heterocycles. The Hall–Kier alpha value is -1.30. The van der Waals surface area contributed by atoms with E-state index in [0.717, 1.165) is 6.42 Å². The number of likely N-dealkylation sites (tertiary alicyclic amines) is 1. The van der Waals surface area contributed by atoms with Gasteiger partial charge in [-0.15, -0.1) is 0 Å². The van der Waals surface area contributed by atoms with E-state index in [1.807, 2.05) is 20.8 Å². The number of nitrogens with zero attached hydrogens (tertiary/aromatic N) is 1. The highest BCUT2D eigenvalue weighted by molar-refractivity contribution is 5.81. The minimum atomic E-state index is -0.489. The zero-order chi connectivity index (χ0) is 14.6. The molecule has 1 heterocycles. The molecule has 2 atom stereocenters. The van der Waals surface area contributed by atoms with Crippen molar-refractivity contribution >= 4 is 12.0 Å². The average Bonchev–Trinajstić information content (AvgIpc) is 2.71. The molecule has 3 N–H and O–H groups in total. The van der Waals surface area contributed by atoms with E-state index in [2.05, 4.69) is 5.32 Å². The van der Waals surface area contributed by atoms with Crippen molar-refractivity contribution in [3.05, 3.63) is 0 Å². The van der Waals surface area contributed by atoms with Crippen LogP contribution in [0.5, 0.6) is 0 Å². The largest absolute Gasteiger partial charge is 0.444 e. The van der Waals surface area contributed by atoms with Crippen molar-refractivity contribution in [2.45, 2.75) is 45.8 Å². The van der Waals surface area contributed by atoms with Crippen LogP contribution in [0.4, 0.5) is 4.79 Å². The van der Waals surface area contributed by atoms with Crippen LogP contribution in [0.3, 0.4) is 0 Å². The van der Waals surface area contributed by atoms with E-state index in [4.69, 9.17) is 10.5 Å². The summed E-state index contributed by atoms with van der Waals surface area (Å²) in [6.07, 6.45) is 0.471. The standard InChI is InChI=1S/C13H25N3O3/c1-9(14)11(17)16-6-5-10(8-16)7-15-12(18)19-13(2,3)4/h9-10H,5-8,14H2,1-4H3,(H,15,18)/t9-,10+/m0/s1. The molecule has 0 aromatic rings. The summed E-state index contributed by atoms with van der Waals surface area (Å²) in [5, 5.41) is 2.74. The molecule has 1 rings (SSSR count). The molecule has 6 heteroatoms. The molecule has 0 bridgehead atoms. The van der Waals surface area contributed by atoms with E-state index >= 15 is 0 Å². The molecule has 0 aliphatic carbocycles. The molecule has 0 saturated carbocycles. The summed E-state index contributed by atoms with van der Waals surface area (Å²) in [6.45, 7) is 9.05. The van der Waals surface area contributed by atoms with Gasteiger partial charge in [-0.1, -0.05) is 0 Å². The van der Waals surface area contributed by atoms with Crippen LogP contribution in [0.25, 0.3) is 0 Å². The first-order valence-electron chi connectivity index (χ1n) is 6.70. The minimum Gasteiger partial charge on any atom is -0.444 e. The number of carbonyl (C=O) groups excluding carboxylic acids is 2. The van der Waals surface area contributed by atoms with Gasteiger partial charge in [-0.2, -0.15) is 0 Å². The third-order valence-electron chi connectivity index (χ3n) is 2.92. The van der Waals surface area contributed by atoms with Gasteiger partial charge < -0.3 is 20.7 Å². The summed E-state index contributed by atoms with van der Waals surface area (Å²) in [7, 11) is 0. The molecule has 0 radical (unpaired) electrons. The third-order valence-corrected chi connectivity index (χ3v) is 2.92. The number of ether oxygens (including phenoxy) is 1. The maximum absolute atomic E-state index is 11.7. The van der Waals surface area contributed by atoms with Gasteiger partial charge in [0.2, 0.25) is 5.91 Å². The molecule has 1 aliphatic rings. The smallest absolute Gasteiger partial charge is 0.407 e. The molecule has 19 heavy (non-hydrogen) atoms. The fourth-order valence-electron chi connectivity index (χ4n) is 2.03. The summed E-state index contributed by atoms with van der Waals surface area (Å²) in [5.74, 6) is 0.245. The van der Waals surface area contributed by atoms with Crippen LogP contribution in [-0.2, 0) is 9.53 Å². The van der Waals surface area contributed by atoms with Crippen molar-refractivity contribution in [3.8, 4) is 0 Å². The second-order valence-corrected chi connectivity index (χ2v) is 6.11. The minimum absolute atomic E-state index is 0.0280. The Kier molecular flexibility index (Phi) is 5.17. The molecule has 110 valence electrons. The summed E-state index contributed by atoms with van der Waals surface area (Å²) in [6, 6.07) is -0.461. The van der Waals surface area contributed by atoms with Crippen molar-refractivity contribution in [2.24, 2.45) is 11.7 Å². The zero-order valence-corrected chi connectivity index (χ0v) is 12.2. The van der Waals surface area contributed by atoms with Gasteiger partial charge in [0.1, 0.15) is 5.60 Å². The van der Waals surface area contributed by atoms with Crippen LogP contribution in [-0.4, -0.2) is 48.2 Å². The molecule has 1 saturated heterocycles. The van der Waals surface area contributed by atoms with Gasteiger partial charge in [0, 0.05) is 19.6 Å². The monoisotopic (exact) mass is 271 g/mol. The van der Waals surface area contributed by atoms with Gasteiger partial charge in [0.25, 0.3) is 0 Å². The lowest BCUT2D eigenvalue weighted by Crippen LogP contribution is -2.41. The Balaban J connectivity index is 2.30. The van der Waals surface area contributed by atoms with E-state index in [1.54, 1.807) is 11.8 Å². The van der Waals surface area contributed by atoms with Crippen LogP contribution >= 0.6 is 0 Å². The normalized spacial score (nSPS) is 21.1. The van der Waals surface area contributed by atoms with Gasteiger partial charge in [0.15, 0.2) is 0 Å². The molecule has 0 aromatic carbocycles. The highest BCUT2D eigenvalue weighted by atomic mass is 16.6. The first-order valence-corrected chi connectivity index (χ1v) is 6.70. The van der Waals surface area contributed by atoms with Gasteiger partial charge in [0.05, 0.1) is 6.04 Å². The van der Waals surface area contributed by atoms with Crippen molar-refractivity contribution in [1.82, 2.24) is 10.2 Å². The molecule has 0 spiro atoms. The Bertz CT molecular complexity index is 337. The van der Waals surface area contributed by atoms with Crippen LogP contribution in [0.15, 0.2) is 0 Å². The number of hydrogen-bond donors (Lipinski definition) is 2. The molecular formula is C13H25N3O3. The van der Waals surface area contributed by atoms with Gasteiger partial charge >= 0.3 is 6.09 Å². The quantitative estimate of drug-likeness (QED) is 0.791. The molecular weight excluding hydrogens is 246 g/mol. The molecule has 2 amide bonds. The number of alkyl carbamates (subject to hydrolysis) is 1. The molecule has 0 unspecified atom stereocenters. The Labute approximate surface area is 114 Å². The number of rotatable bonds is 3. The lowest BCUT2D eigenvalue weighted by Gasteiger charge is -2.21. The summed E-state index contributed by atoms with van der Waals surface area (Å²) < 4.78 is 5.16. The summed E-state index contributed by atoms with van der Waals surface area (Å²) in [4.78, 5) is 25.0. The Morgan fingerprint density at radius 3 is 2.63 bits per heavy atom. The van der Waals surface area contributed by atoms with Crippen molar-refractivity contribution in [2.75, 3.05) is 19.6 Å². The number of carbonyl (C=O) groups is 2. The van der Waals surface area contributed by atoms with Crippen molar-refractivity contribution < 1.29 is 14.3 Å². The maximum atomic E-state index is 11.7. The summed E-state index contributed by atoms with van der Waals surface area (Å²) in [5.41, 5.74) is 5.08. The van der Waals surface area contributed by atoms with Crippen LogP contribution < -0.4 is 11.1 Å². The van der Waals surface area contributed by atoms with Gasteiger partial charge in [-0.05, 0) is 40.0 Å². The van der Waals surface area contributed by atoms with E-state index in [9.17, 15) is 9.59 Å². The topological polar surface area (TPSA) is 84.7 Å². The highest BCUT2D eigenvalue weighted by Gasteiger charge is 2.28. The van der Waals surface area contributed by atoms with Crippen LogP contribution in [0, 0.1) is 5.92 Å². The van der Waals surface area contributed by atoms with E-state index in [0.29, 0.717) is 19.6 Å². The zero-order valence-electron chi connectivity index (χ0n) is 12.2. The Morgan fingerprint density at radius 1 is 1.47 bits per heavy atom. The lowest BCUT2D eigenvalue weighted by atomic mass is 10.1. The van der Waals surface area contributed by atoms with Gasteiger partial charge in [-0.25, -0.2) is 4.79 Å². The molecule has 1 fully saturated rings. The number of nitrogens with two attached hydrogens (primary N) is 1. The number of hydrogen-bond acceptors (Lipinski definition) is 4. The van der Waals surface area contributed by atoms with E-state index in [1.165, 1.54) is 0 Å². The van der Waals surface area contributed by atoms with E-state index < -0.39 is 17.7 Å². The first-order chi connectivity index (χ1) is 8.69. The third kappa shape index (κ3) is 5.46. The molecule has 1 aliphatic heterocycles. The van der Waals surface area contributed by atoms with Crippen molar-refractivity contribution in [3.63, 3.8) is 0 Å².